The van der Waals surface area contributed by atoms with Gasteiger partial charge in [-0.05, 0) is 48.9 Å². The average Bonchev–Trinajstić information content (AvgIpc) is 3.16. The highest BCUT2D eigenvalue weighted by Gasteiger charge is 2.17. The number of carbonyl (C=O) groups is 1. The van der Waals surface area contributed by atoms with Crippen LogP contribution >= 0.6 is 11.3 Å². The van der Waals surface area contributed by atoms with Gasteiger partial charge >= 0.3 is 0 Å². The molecular formula is C21H16FN5O2S. The number of aromatic nitrogens is 4. The molecule has 1 aromatic carbocycles. The minimum Gasteiger partial charge on any atom is -0.439 e. The highest BCUT2D eigenvalue weighted by atomic mass is 32.1. The lowest BCUT2D eigenvalue weighted by Crippen LogP contribution is -2.22. The third-order valence-electron chi connectivity index (χ3n) is 4.05. The molecule has 0 fully saturated rings. The van der Waals surface area contributed by atoms with Gasteiger partial charge in [-0.15, -0.1) is 11.3 Å². The van der Waals surface area contributed by atoms with Crippen molar-refractivity contribution in [2.45, 2.75) is 13.5 Å². The van der Waals surface area contributed by atoms with Crippen LogP contribution in [-0.2, 0) is 6.54 Å². The standard InChI is InChI=1S/C21H16FN5O2S/c1-13-18(30-21(27-13)19-24-8-2-9-25-19)20(28)26-12-14-7-10-23-17(11-14)29-16-5-3-15(22)4-6-16/h2-11H,12H2,1H3,(H,26,28). The Hall–Kier alpha value is -3.72. The predicted molar refractivity (Wildman–Crippen MR) is 110 cm³/mol. The predicted octanol–water partition coefficient (Wildman–Crippen LogP) is 4.16. The maximum Gasteiger partial charge on any atom is 0.263 e. The molecule has 3 heterocycles. The molecular weight excluding hydrogens is 405 g/mol. The van der Waals surface area contributed by atoms with Crippen LogP contribution in [0, 0.1) is 12.7 Å². The SMILES string of the molecule is Cc1nc(-c2ncccn2)sc1C(=O)NCc1ccnc(Oc2ccc(F)cc2)c1. The monoisotopic (exact) mass is 421 g/mol. The molecule has 0 bridgehead atoms. The van der Waals surface area contributed by atoms with Crippen molar-refractivity contribution >= 4 is 17.2 Å². The van der Waals surface area contributed by atoms with Gasteiger partial charge in [0.15, 0.2) is 10.8 Å². The molecule has 0 saturated heterocycles. The van der Waals surface area contributed by atoms with Crippen LogP contribution < -0.4 is 10.1 Å². The maximum atomic E-state index is 13.0. The molecule has 150 valence electrons. The number of halogens is 1. The first kappa shape index (κ1) is 19.6. The smallest absolute Gasteiger partial charge is 0.263 e. The fourth-order valence-electron chi connectivity index (χ4n) is 2.61. The largest absolute Gasteiger partial charge is 0.439 e. The van der Waals surface area contributed by atoms with Gasteiger partial charge in [0, 0.05) is 31.2 Å². The number of nitrogens with zero attached hydrogens (tertiary/aromatic N) is 4. The van der Waals surface area contributed by atoms with E-state index in [1.54, 1.807) is 43.7 Å². The number of ether oxygens (including phenoxy) is 1. The second-order valence-corrected chi connectivity index (χ2v) is 7.25. The molecule has 0 aliphatic heterocycles. The van der Waals surface area contributed by atoms with Crippen molar-refractivity contribution in [3.8, 4) is 22.5 Å². The molecule has 0 unspecified atom stereocenters. The van der Waals surface area contributed by atoms with E-state index in [9.17, 15) is 9.18 Å². The van der Waals surface area contributed by atoms with Gasteiger partial charge in [0.2, 0.25) is 5.88 Å². The minimum absolute atomic E-state index is 0.231. The second kappa shape index (κ2) is 8.75. The van der Waals surface area contributed by atoms with Crippen LogP contribution in [0.4, 0.5) is 4.39 Å². The Kier molecular flexibility index (Phi) is 5.71. The Bertz CT molecular complexity index is 1170. The van der Waals surface area contributed by atoms with Gasteiger partial charge in [-0.1, -0.05) is 0 Å². The summed E-state index contributed by atoms with van der Waals surface area (Å²) in [5, 5.41) is 3.47. The van der Waals surface area contributed by atoms with E-state index in [4.69, 9.17) is 4.74 Å². The number of rotatable bonds is 6. The van der Waals surface area contributed by atoms with Gasteiger partial charge < -0.3 is 10.1 Å². The second-order valence-electron chi connectivity index (χ2n) is 6.25. The van der Waals surface area contributed by atoms with Crippen molar-refractivity contribution in [1.82, 2.24) is 25.3 Å². The summed E-state index contributed by atoms with van der Waals surface area (Å²) < 4.78 is 18.6. The molecule has 4 rings (SSSR count). The number of pyridine rings is 1. The Balaban J connectivity index is 1.42. The topological polar surface area (TPSA) is 89.9 Å². The molecule has 7 nitrogen and oxygen atoms in total. The third kappa shape index (κ3) is 4.64. The van der Waals surface area contributed by atoms with Crippen LogP contribution in [0.25, 0.3) is 10.8 Å². The summed E-state index contributed by atoms with van der Waals surface area (Å²) in [6.07, 6.45) is 4.85. The third-order valence-corrected chi connectivity index (χ3v) is 5.20. The molecule has 0 aliphatic rings. The van der Waals surface area contributed by atoms with Gasteiger partial charge in [0.25, 0.3) is 5.91 Å². The van der Waals surface area contributed by atoms with Gasteiger partial charge in [0.05, 0.1) is 5.69 Å². The number of carbonyl (C=O) groups excluding carboxylic acids is 1. The van der Waals surface area contributed by atoms with Gasteiger partial charge in [0.1, 0.15) is 16.4 Å². The first-order chi connectivity index (χ1) is 14.6. The van der Waals surface area contributed by atoms with Crippen LogP contribution in [0.15, 0.2) is 61.1 Å². The molecule has 30 heavy (non-hydrogen) atoms. The van der Waals surface area contributed by atoms with Crippen molar-refractivity contribution in [3.63, 3.8) is 0 Å². The van der Waals surface area contributed by atoms with Gasteiger partial charge in [-0.3, -0.25) is 4.79 Å². The summed E-state index contributed by atoms with van der Waals surface area (Å²) in [5.74, 6) is 0.741. The lowest BCUT2D eigenvalue weighted by molar-refractivity contribution is 0.0954. The highest BCUT2D eigenvalue weighted by molar-refractivity contribution is 7.17. The molecule has 4 aromatic rings. The Labute approximate surface area is 175 Å². The fourth-order valence-corrected chi connectivity index (χ4v) is 3.55. The highest BCUT2D eigenvalue weighted by Crippen LogP contribution is 2.25. The fraction of sp³-hybridized carbons (Fsp3) is 0.0952. The van der Waals surface area contributed by atoms with Crippen molar-refractivity contribution in [3.05, 3.63) is 83.0 Å². The van der Waals surface area contributed by atoms with Crippen molar-refractivity contribution in [1.29, 1.82) is 0 Å². The Morgan fingerprint density at radius 3 is 2.63 bits per heavy atom. The molecule has 0 aliphatic carbocycles. The number of amides is 1. The van der Waals surface area contributed by atoms with E-state index in [1.165, 1.54) is 35.6 Å². The van der Waals surface area contributed by atoms with E-state index in [0.717, 1.165) is 5.56 Å². The average molecular weight is 421 g/mol. The molecule has 0 spiro atoms. The van der Waals surface area contributed by atoms with Gasteiger partial charge in [-0.25, -0.2) is 24.3 Å². The zero-order chi connectivity index (χ0) is 20.9. The van der Waals surface area contributed by atoms with Crippen LogP contribution in [0.5, 0.6) is 11.6 Å². The number of hydrogen-bond donors (Lipinski definition) is 1. The number of aryl methyl sites for hydroxylation is 1. The molecule has 3 aromatic heterocycles. The summed E-state index contributed by atoms with van der Waals surface area (Å²) in [7, 11) is 0. The molecule has 0 saturated carbocycles. The summed E-state index contributed by atoms with van der Waals surface area (Å²) in [6.45, 7) is 2.06. The zero-order valence-electron chi connectivity index (χ0n) is 15.9. The summed E-state index contributed by atoms with van der Waals surface area (Å²) in [5.41, 5.74) is 1.43. The normalized spacial score (nSPS) is 10.6. The Morgan fingerprint density at radius 1 is 1.10 bits per heavy atom. The first-order valence-corrected chi connectivity index (χ1v) is 9.81. The Morgan fingerprint density at radius 2 is 1.87 bits per heavy atom. The zero-order valence-corrected chi connectivity index (χ0v) is 16.7. The van der Waals surface area contributed by atoms with E-state index in [-0.39, 0.29) is 18.3 Å². The number of benzene rings is 1. The minimum atomic E-state index is -0.341. The first-order valence-electron chi connectivity index (χ1n) is 9.00. The number of nitrogens with one attached hydrogen (secondary N) is 1. The van der Waals surface area contributed by atoms with Gasteiger partial charge in [-0.2, -0.15) is 0 Å². The number of thiazole rings is 1. The molecule has 9 heteroatoms. The molecule has 1 N–H and O–H groups in total. The van der Waals surface area contributed by atoms with Crippen LogP contribution in [0.3, 0.4) is 0 Å². The van der Waals surface area contributed by atoms with Crippen LogP contribution in [0.1, 0.15) is 20.9 Å². The lowest BCUT2D eigenvalue weighted by Gasteiger charge is -2.08. The van der Waals surface area contributed by atoms with E-state index in [0.29, 0.717) is 33.0 Å². The van der Waals surface area contributed by atoms with Crippen LogP contribution in [0.2, 0.25) is 0 Å². The van der Waals surface area contributed by atoms with E-state index in [2.05, 4.69) is 25.3 Å². The maximum absolute atomic E-state index is 13.0. The summed E-state index contributed by atoms with van der Waals surface area (Å²) in [4.78, 5) is 30.0. The quantitative estimate of drug-likeness (QED) is 0.503. The lowest BCUT2D eigenvalue weighted by atomic mass is 10.2. The van der Waals surface area contributed by atoms with Crippen LogP contribution in [-0.4, -0.2) is 25.8 Å². The molecule has 0 radical (unpaired) electrons. The summed E-state index contributed by atoms with van der Waals surface area (Å²) in [6, 6.07) is 10.9. The molecule has 0 atom stereocenters. The molecule has 1 amide bonds. The van der Waals surface area contributed by atoms with E-state index < -0.39 is 0 Å². The van der Waals surface area contributed by atoms with E-state index in [1.807, 2.05) is 0 Å². The van der Waals surface area contributed by atoms with E-state index >= 15 is 0 Å². The van der Waals surface area contributed by atoms with Crippen molar-refractivity contribution in [2.24, 2.45) is 0 Å². The van der Waals surface area contributed by atoms with Crippen molar-refractivity contribution < 1.29 is 13.9 Å². The number of hydrogen-bond acceptors (Lipinski definition) is 7. The van der Waals surface area contributed by atoms with Crippen molar-refractivity contribution in [2.75, 3.05) is 0 Å². The summed E-state index contributed by atoms with van der Waals surface area (Å²) >= 11 is 1.25.